The molecule has 0 unspecified atom stereocenters. The van der Waals surface area contributed by atoms with Crippen molar-refractivity contribution in [3.63, 3.8) is 0 Å². The molecule has 4 heterocycles. The standard InChI is InChI=1S/C17H18N6O/c1-6-18-9-11-23(10-1)15-3-2-14(12-20-15)17-21-16(22-24-17)13-4-7-19-8-5-13/h2-5,7-8,12,18H,1,6,9-11H2. The second-order valence-corrected chi connectivity index (χ2v) is 5.65. The SMILES string of the molecule is c1cc(-c2noc(-c3ccc(N4CCCNCC4)nc3)n2)ccn1. The van der Waals surface area contributed by atoms with E-state index >= 15 is 0 Å². The smallest absolute Gasteiger partial charge is 0.259 e. The van der Waals surface area contributed by atoms with Crippen LogP contribution in [0.5, 0.6) is 0 Å². The first-order chi connectivity index (χ1) is 11.9. The second kappa shape index (κ2) is 6.76. The van der Waals surface area contributed by atoms with Crippen LogP contribution < -0.4 is 10.2 Å². The van der Waals surface area contributed by atoms with Gasteiger partial charge >= 0.3 is 0 Å². The molecule has 0 bridgehead atoms. The van der Waals surface area contributed by atoms with Crippen LogP contribution in [-0.4, -0.2) is 46.3 Å². The number of hydrogen-bond donors (Lipinski definition) is 1. The lowest BCUT2D eigenvalue weighted by Crippen LogP contribution is -2.28. The van der Waals surface area contributed by atoms with E-state index in [4.69, 9.17) is 4.52 Å². The number of anilines is 1. The van der Waals surface area contributed by atoms with Crippen molar-refractivity contribution in [3.05, 3.63) is 42.9 Å². The molecule has 0 amide bonds. The molecule has 1 aliphatic rings. The van der Waals surface area contributed by atoms with Crippen LogP contribution >= 0.6 is 0 Å². The fourth-order valence-electron chi connectivity index (χ4n) is 2.73. The molecule has 24 heavy (non-hydrogen) atoms. The van der Waals surface area contributed by atoms with Gasteiger partial charge in [0.25, 0.3) is 5.89 Å². The summed E-state index contributed by atoms with van der Waals surface area (Å²) >= 11 is 0. The monoisotopic (exact) mass is 322 g/mol. The first-order valence-corrected chi connectivity index (χ1v) is 8.06. The lowest BCUT2D eigenvalue weighted by molar-refractivity contribution is 0.432. The van der Waals surface area contributed by atoms with Crippen LogP contribution in [0.1, 0.15) is 6.42 Å². The molecule has 7 heteroatoms. The summed E-state index contributed by atoms with van der Waals surface area (Å²) in [6.07, 6.45) is 6.33. The molecule has 0 spiro atoms. The number of rotatable bonds is 3. The molecule has 4 rings (SSSR count). The van der Waals surface area contributed by atoms with E-state index in [2.05, 4.69) is 30.3 Å². The zero-order chi connectivity index (χ0) is 16.2. The van der Waals surface area contributed by atoms with Crippen LogP contribution in [0.3, 0.4) is 0 Å². The molecule has 0 aromatic carbocycles. The number of nitrogens with one attached hydrogen (secondary N) is 1. The number of nitrogens with zero attached hydrogens (tertiary/aromatic N) is 5. The molecule has 1 aliphatic heterocycles. The molecule has 0 radical (unpaired) electrons. The summed E-state index contributed by atoms with van der Waals surface area (Å²) in [5.41, 5.74) is 1.70. The Morgan fingerprint density at radius 3 is 2.75 bits per heavy atom. The van der Waals surface area contributed by atoms with E-state index in [9.17, 15) is 0 Å². The van der Waals surface area contributed by atoms with Gasteiger partial charge in [-0.2, -0.15) is 4.98 Å². The van der Waals surface area contributed by atoms with Crippen LogP contribution in [0.25, 0.3) is 22.8 Å². The Hall–Kier alpha value is -2.80. The van der Waals surface area contributed by atoms with E-state index in [0.29, 0.717) is 11.7 Å². The van der Waals surface area contributed by atoms with E-state index in [1.54, 1.807) is 18.6 Å². The summed E-state index contributed by atoms with van der Waals surface area (Å²) in [6.45, 7) is 4.04. The van der Waals surface area contributed by atoms with Gasteiger partial charge in [0.1, 0.15) is 5.82 Å². The van der Waals surface area contributed by atoms with Gasteiger partial charge in [-0.05, 0) is 37.2 Å². The Morgan fingerprint density at radius 1 is 1.00 bits per heavy atom. The van der Waals surface area contributed by atoms with E-state index < -0.39 is 0 Å². The van der Waals surface area contributed by atoms with Gasteiger partial charge in [-0.3, -0.25) is 4.98 Å². The molecule has 1 N–H and O–H groups in total. The third-order valence-electron chi connectivity index (χ3n) is 4.02. The zero-order valence-electron chi connectivity index (χ0n) is 13.2. The van der Waals surface area contributed by atoms with Gasteiger partial charge in [-0.1, -0.05) is 5.16 Å². The van der Waals surface area contributed by atoms with E-state index in [1.165, 1.54) is 0 Å². The van der Waals surface area contributed by atoms with Crippen molar-refractivity contribution < 1.29 is 4.52 Å². The van der Waals surface area contributed by atoms with Gasteiger partial charge < -0.3 is 14.7 Å². The van der Waals surface area contributed by atoms with E-state index in [-0.39, 0.29) is 0 Å². The molecule has 3 aromatic rings. The van der Waals surface area contributed by atoms with E-state index in [0.717, 1.165) is 49.5 Å². The summed E-state index contributed by atoms with van der Waals surface area (Å²) in [5, 5.41) is 7.42. The minimum atomic E-state index is 0.471. The van der Waals surface area contributed by atoms with Crippen molar-refractivity contribution in [2.75, 3.05) is 31.1 Å². The minimum absolute atomic E-state index is 0.471. The molecule has 7 nitrogen and oxygen atoms in total. The molecule has 3 aromatic heterocycles. The molecule has 0 saturated carbocycles. The van der Waals surface area contributed by atoms with Gasteiger partial charge in [-0.15, -0.1) is 0 Å². The summed E-state index contributed by atoms with van der Waals surface area (Å²) in [7, 11) is 0. The average Bonchev–Trinajstić information content (AvgIpc) is 2.98. The van der Waals surface area contributed by atoms with Crippen molar-refractivity contribution >= 4 is 5.82 Å². The Labute approximate surface area is 139 Å². The first kappa shape index (κ1) is 14.8. The van der Waals surface area contributed by atoms with Crippen LogP contribution in [0.2, 0.25) is 0 Å². The summed E-state index contributed by atoms with van der Waals surface area (Å²) < 4.78 is 5.37. The molecule has 122 valence electrons. The van der Waals surface area contributed by atoms with Gasteiger partial charge in [0, 0.05) is 43.8 Å². The topological polar surface area (TPSA) is 80.0 Å². The fraction of sp³-hybridized carbons (Fsp3) is 0.294. The highest BCUT2D eigenvalue weighted by atomic mass is 16.5. The summed E-state index contributed by atoms with van der Waals surface area (Å²) in [5.74, 6) is 2.00. The van der Waals surface area contributed by atoms with E-state index in [1.807, 2.05) is 24.3 Å². The molecule has 0 atom stereocenters. The normalized spacial score (nSPS) is 15.2. The predicted molar refractivity (Wildman–Crippen MR) is 90.5 cm³/mol. The van der Waals surface area contributed by atoms with Gasteiger partial charge in [0.15, 0.2) is 0 Å². The largest absolute Gasteiger partial charge is 0.355 e. The van der Waals surface area contributed by atoms with Crippen molar-refractivity contribution in [3.8, 4) is 22.8 Å². The number of aromatic nitrogens is 4. The maximum Gasteiger partial charge on any atom is 0.259 e. The Morgan fingerprint density at radius 2 is 1.92 bits per heavy atom. The Bertz CT molecular complexity index is 778. The minimum Gasteiger partial charge on any atom is -0.355 e. The third kappa shape index (κ3) is 3.11. The highest BCUT2D eigenvalue weighted by molar-refractivity contribution is 5.59. The molecular weight excluding hydrogens is 304 g/mol. The summed E-state index contributed by atoms with van der Waals surface area (Å²) in [4.78, 5) is 15.3. The van der Waals surface area contributed by atoms with Crippen molar-refractivity contribution in [2.24, 2.45) is 0 Å². The molecule has 1 fully saturated rings. The third-order valence-corrected chi connectivity index (χ3v) is 4.02. The average molecular weight is 322 g/mol. The quantitative estimate of drug-likeness (QED) is 0.790. The van der Waals surface area contributed by atoms with Crippen LogP contribution in [0, 0.1) is 0 Å². The predicted octanol–water partition coefficient (Wildman–Crippen LogP) is 1.99. The number of hydrogen-bond acceptors (Lipinski definition) is 7. The van der Waals surface area contributed by atoms with Crippen LogP contribution in [0.15, 0.2) is 47.4 Å². The maximum absolute atomic E-state index is 5.37. The summed E-state index contributed by atoms with van der Waals surface area (Å²) in [6, 6.07) is 7.69. The fourth-order valence-corrected chi connectivity index (χ4v) is 2.73. The lowest BCUT2D eigenvalue weighted by atomic mass is 10.2. The maximum atomic E-state index is 5.37. The lowest BCUT2D eigenvalue weighted by Gasteiger charge is -2.20. The molecular formula is C17H18N6O. The Balaban J connectivity index is 1.54. The van der Waals surface area contributed by atoms with Gasteiger partial charge in [-0.25, -0.2) is 4.98 Å². The highest BCUT2D eigenvalue weighted by Gasteiger charge is 2.13. The molecule has 1 saturated heterocycles. The van der Waals surface area contributed by atoms with Gasteiger partial charge in [0.05, 0.1) is 5.56 Å². The van der Waals surface area contributed by atoms with Crippen molar-refractivity contribution in [2.45, 2.75) is 6.42 Å². The Kier molecular flexibility index (Phi) is 4.16. The molecule has 0 aliphatic carbocycles. The van der Waals surface area contributed by atoms with Crippen molar-refractivity contribution in [1.82, 2.24) is 25.4 Å². The highest BCUT2D eigenvalue weighted by Crippen LogP contribution is 2.23. The number of pyridine rings is 2. The van der Waals surface area contributed by atoms with Crippen LogP contribution in [0.4, 0.5) is 5.82 Å². The van der Waals surface area contributed by atoms with Gasteiger partial charge in [0.2, 0.25) is 5.82 Å². The van der Waals surface area contributed by atoms with Crippen LogP contribution in [-0.2, 0) is 0 Å². The zero-order valence-corrected chi connectivity index (χ0v) is 13.2. The second-order valence-electron chi connectivity index (χ2n) is 5.65. The van der Waals surface area contributed by atoms with Crippen molar-refractivity contribution in [1.29, 1.82) is 0 Å². The first-order valence-electron chi connectivity index (χ1n) is 8.06.